The van der Waals surface area contributed by atoms with Crippen molar-refractivity contribution in [2.45, 2.75) is 32.9 Å². The van der Waals surface area contributed by atoms with Crippen molar-refractivity contribution >= 4 is 50.3 Å². The van der Waals surface area contributed by atoms with Crippen molar-refractivity contribution in [3.05, 3.63) is 65.9 Å². The van der Waals surface area contributed by atoms with Crippen molar-refractivity contribution in [2.24, 2.45) is 0 Å². The average Bonchev–Trinajstić information content (AvgIpc) is 3.41. The number of carbonyl (C=O) groups is 2. The number of pyridine rings is 1. The SMILES string of the molecule is COc1cnc2c(-c3nc4cc(F)c(OC(C)C(C)N(C(=O)O)c5ccc(C(=O)NCCO)nc5)cc4s3)cc(C)cc2n1. The van der Waals surface area contributed by atoms with E-state index >= 15 is 4.39 Å². The topological polar surface area (TPSA) is 160 Å². The van der Waals surface area contributed by atoms with Crippen LogP contribution in [-0.4, -0.2) is 74.6 Å². The van der Waals surface area contributed by atoms with Crippen LogP contribution in [0.25, 0.3) is 31.8 Å². The average molecular weight is 621 g/mol. The molecule has 228 valence electrons. The van der Waals surface area contributed by atoms with Crippen LogP contribution in [0.15, 0.2) is 48.8 Å². The Balaban J connectivity index is 1.39. The Kier molecular flexibility index (Phi) is 8.83. The molecule has 2 aromatic carbocycles. The van der Waals surface area contributed by atoms with Crippen LogP contribution >= 0.6 is 11.3 Å². The Morgan fingerprint density at radius 2 is 1.89 bits per heavy atom. The number of rotatable bonds is 10. The number of halogens is 1. The molecule has 5 aromatic rings. The maximum absolute atomic E-state index is 15.3. The number of aliphatic hydroxyl groups is 1. The van der Waals surface area contributed by atoms with Crippen LogP contribution in [0.1, 0.15) is 29.9 Å². The van der Waals surface area contributed by atoms with Crippen LogP contribution in [-0.2, 0) is 0 Å². The van der Waals surface area contributed by atoms with Crippen molar-refractivity contribution in [2.75, 3.05) is 25.2 Å². The number of nitrogens with one attached hydrogen (secondary N) is 1. The fourth-order valence-corrected chi connectivity index (χ4v) is 5.59. The van der Waals surface area contributed by atoms with Crippen LogP contribution in [0.5, 0.6) is 11.6 Å². The number of benzene rings is 2. The van der Waals surface area contributed by atoms with Gasteiger partial charge in [0.15, 0.2) is 11.6 Å². The molecule has 44 heavy (non-hydrogen) atoms. The molecule has 0 spiro atoms. The number of hydrogen-bond acceptors (Lipinski definition) is 10. The first kappa shape index (κ1) is 30.5. The van der Waals surface area contributed by atoms with Crippen LogP contribution in [0.2, 0.25) is 0 Å². The number of fused-ring (bicyclic) bond motifs is 2. The van der Waals surface area contributed by atoms with Crippen molar-refractivity contribution in [3.63, 3.8) is 0 Å². The highest BCUT2D eigenvalue weighted by Gasteiger charge is 2.29. The molecule has 0 aliphatic heterocycles. The Morgan fingerprint density at radius 1 is 1.09 bits per heavy atom. The minimum atomic E-state index is -1.28. The lowest BCUT2D eigenvalue weighted by Gasteiger charge is -2.31. The van der Waals surface area contributed by atoms with E-state index in [-0.39, 0.29) is 30.3 Å². The Morgan fingerprint density at radius 3 is 2.57 bits per heavy atom. The van der Waals surface area contributed by atoms with E-state index in [0.29, 0.717) is 32.1 Å². The van der Waals surface area contributed by atoms with Crippen molar-refractivity contribution in [1.29, 1.82) is 0 Å². The van der Waals surface area contributed by atoms with Crippen LogP contribution < -0.4 is 19.7 Å². The molecule has 3 heterocycles. The van der Waals surface area contributed by atoms with E-state index in [2.05, 4.69) is 25.3 Å². The number of aliphatic hydroxyl groups excluding tert-OH is 1. The summed E-state index contributed by atoms with van der Waals surface area (Å²) in [6, 6.07) is 8.73. The lowest BCUT2D eigenvalue weighted by molar-refractivity contribution is 0.0939. The normalized spacial score (nSPS) is 12.6. The molecule has 12 nitrogen and oxygen atoms in total. The molecule has 0 fully saturated rings. The standard InChI is InChI=1S/C30H29FN6O6S/c1-15-9-19(27-23(10-15)35-26(42-4)14-34-27)29-36-22-11-20(31)24(12-25(22)44-29)43-17(3)16(2)37(30(40)41)18-5-6-21(33-13-18)28(39)32-7-8-38/h5-6,9-14,16-17,38H,7-8H2,1-4H3,(H,32,39)(H,40,41). The van der Waals surface area contributed by atoms with E-state index in [1.54, 1.807) is 19.9 Å². The van der Waals surface area contributed by atoms with Crippen molar-refractivity contribution in [3.8, 4) is 22.2 Å². The summed E-state index contributed by atoms with van der Waals surface area (Å²) in [6.07, 6.45) is 0.723. The molecule has 2 amide bonds. The Labute approximate surface area is 255 Å². The minimum absolute atomic E-state index is 0.0509. The summed E-state index contributed by atoms with van der Waals surface area (Å²) in [7, 11) is 1.52. The summed E-state index contributed by atoms with van der Waals surface area (Å²) in [6.45, 7) is 5.04. The zero-order chi connectivity index (χ0) is 31.5. The number of amides is 2. The molecule has 5 rings (SSSR count). The van der Waals surface area contributed by atoms with E-state index < -0.39 is 30.0 Å². The second-order valence-electron chi connectivity index (χ2n) is 9.96. The first-order valence-corrected chi connectivity index (χ1v) is 14.4. The lowest BCUT2D eigenvalue weighted by atomic mass is 10.1. The fourth-order valence-electron chi connectivity index (χ4n) is 4.60. The van der Waals surface area contributed by atoms with Gasteiger partial charge in [-0.2, -0.15) is 0 Å². The molecule has 3 N–H and O–H groups in total. The number of nitrogens with zero attached hydrogens (tertiary/aromatic N) is 5. The number of ether oxygens (including phenoxy) is 2. The van der Waals surface area contributed by atoms with Gasteiger partial charge in [0.25, 0.3) is 5.91 Å². The van der Waals surface area contributed by atoms with E-state index in [1.807, 2.05) is 19.1 Å². The fraction of sp³-hybridized carbons (Fsp3) is 0.267. The molecule has 14 heteroatoms. The predicted molar refractivity (Wildman–Crippen MR) is 163 cm³/mol. The molecule has 0 saturated heterocycles. The van der Waals surface area contributed by atoms with Crippen molar-refractivity contribution < 1.29 is 33.7 Å². The lowest BCUT2D eigenvalue weighted by Crippen LogP contribution is -2.46. The summed E-state index contributed by atoms with van der Waals surface area (Å²) in [5.74, 6) is -0.807. The van der Waals surface area contributed by atoms with Gasteiger partial charge in [-0.3, -0.25) is 9.69 Å². The Bertz CT molecular complexity index is 1850. The Hall–Kier alpha value is -4.95. The number of aryl methyl sites for hydroxylation is 1. The van der Waals surface area contributed by atoms with E-state index in [4.69, 9.17) is 14.6 Å². The first-order valence-electron chi connectivity index (χ1n) is 13.5. The summed E-state index contributed by atoms with van der Waals surface area (Å²) >= 11 is 1.34. The zero-order valence-corrected chi connectivity index (χ0v) is 25.1. The third-order valence-corrected chi connectivity index (χ3v) is 7.96. The molecule has 0 aliphatic rings. The molecule has 2 unspecified atom stereocenters. The molecular formula is C30H29FN6O6S. The minimum Gasteiger partial charge on any atom is -0.485 e. The molecule has 0 aliphatic carbocycles. The smallest absolute Gasteiger partial charge is 0.412 e. The quantitative estimate of drug-likeness (QED) is 0.198. The number of aromatic nitrogens is 4. The highest BCUT2D eigenvalue weighted by Crippen LogP contribution is 2.37. The second-order valence-corrected chi connectivity index (χ2v) is 11.0. The molecule has 2 atom stereocenters. The van der Waals surface area contributed by atoms with Gasteiger partial charge in [0.05, 0.1) is 59.1 Å². The summed E-state index contributed by atoms with van der Waals surface area (Å²) < 4.78 is 27.1. The monoisotopic (exact) mass is 620 g/mol. The van der Waals surface area contributed by atoms with Gasteiger partial charge in [0.1, 0.15) is 16.8 Å². The molecule has 0 radical (unpaired) electrons. The van der Waals surface area contributed by atoms with Gasteiger partial charge in [-0.25, -0.2) is 29.1 Å². The van der Waals surface area contributed by atoms with Crippen LogP contribution in [0, 0.1) is 12.7 Å². The summed E-state index contributed by atoms with van der Waals surface area (Å²) in [5, 5.41) is 22.0. The molecule has 0 saturated carbocycles. The van der Waals surface area contributed by atoms with Gasteiger partial charge >= 0.3 is 6.09 Å². The zero-order valence-electron chi connectivity index (χ0n) is 24.2. The predicted octanol–water partition coefficient (Wildman–Crippen LogP) is 4.82. The number of methoxy groups -OCH3 is 1. The van der Waals surface area contributed by atoms with Gasteiger partial charge in [-0.05, 0) is 50.6 Å². The highest BCUT2D eigenvalue weighted by molar-refractivity contribution is 7.21. The van der Waals surface area contributed by atoms with E-state index in [0.717, 1.165) is 16.0 Å². The highest BCUT2D eigenvalue weighted by atomic mass is 32.1. The number of thiazole rings is 1. The van der Waals surface area contributed by atoms with Crippen LogP contribution in [0.3, 0.4) is 0 Å². The summed E-state index contributed by atoms with van der Waals surface area (Å²) in [5.41, 5.74) is 3.69. The van der Waals surface area contributed by atoms with Crippen molar-refractivity contribution in [1.82, 2.24) is 25.3 Å². The summed E-state index contributed by atoms with van der Waals surface area (Å²) in [4.78, 5) is 43.0. The second kappa shape index (κ2) is 12.7. The van der Waals surface area contributed by atoms with Crippen LogP contribution in [0.4, 0.5) is 14.9 Å². The maximum atomic E-state index is 15.3. The largest absolute Gasteiger partial charge is 0.485 e. The molecule has 3 aromatic heterocycles. The molecule has 0 bridgehead atoms. The number of carboxylic acid groups (broad SMARTS) is 1. The number of carbonyl (C=O) groups excluding carboxylic acids is 1. The first-order chi connectivity index (χ1) is 21.1. The third kappa shape index (κ3) is 6.21. The number of hydrogen-bond donors (Lipinski definition) is 3. The molecular weight excluding hydrogens is 591 g/mol. The third-order valence-electron chi connectivity index (χ3n) is 6.91. The van der Waals surface area contributed by atoms with Gasteiger partial charge in [-0.1, -0.05) is 0 Å². The maximum Gasteiger partial charge on any atom is 0.412 e. The van der Waals surface area contributed by atoms with Gasteiger partial charge in [0, 0.05) is 24.2 Å². The van der Waals surface area contributed by atoms with Gasteiger partial charge in [0.2, 0.25) is 5.88 Å². The van der Waals surface area contributed by atoms with E-state index in [9.17, 15) is 14.7 Å². The number of anilines is 1. The van der Waals surface area contributed by atoms with E-state index in [1.165, 1.54) is 49.0 Å². The van der Waals surface area contributed by atoms with Gasteiger partial charge < -0.3 is 25.0 Å². The van der Waals surface area contributed by atoms with Gasteiger partial charge in [-0.15, -0.1) is 11.3 Å².